The number of methoxy groups -OCH3 is 1. The van der Waals surface area contributed by atoms with E-state index in [-0.39, 0.29) is 11.9 Å². The number of carbonyl (C=O) groups excluding carboxylic acids is 1. The van der Waals surface area contributed by atoms with Crippen molar-refractivity contribution in [2.75, 3.05) is 13.7 Å². The van der Waals surface area contributed by atoms with Gasteiger partial charge in [0.1, 0.15) is 5.69 Å². The van der Waals surface area contributed by atoms with Crippen LogP contribution in [-0.2, 0) is 4.74 Å². The van der Waals surface area contributed by atoms with Crippen molar-refractivity contribution < 1.29 is 9.53 Å². The average molecular weight is 259 g/mol. The molecule has 0 radical (unpaired) electrons. The molecule has 5 nitrogen and oxygen atoms in total. The maximum Gasteiger partial charge on any atom is 0.270 e. The third-order valence-corrected chi connectivity index (χ3v) is 2.70. The fourth-order valence-corrected chi connectivity index (χ4v) is 1.85. The number of hydrogen-bond acceptors (Lipinski definition) is 3. The zero-order valence-corrected chi connectivity index (χ0v) is 11.0. The van der Waals surface area contributed by atoms with E-state index in [0.29, 0.717) is 12.3 Å². The lowest BCUT2D eigenvalue weighted by Gasteiger charge is -2.13. The second-order valence-electron chi connectivity index (χ2n) is 4.31. The normalized spacial score (nSPS) is 12.1. The molecule has 0 bridgehead atoms. The number of nitrogens with one attached hydrogen (secondary N) is 1. The van der Waals surface area contributed by atoms with Crippen LogP contribution < -0.4 is 5.32 Å². The van der Waals surface area contributed by atoms with Gasteiger partial charge in [-0.25, -0.2) is 4.98 Å². The highest BCUT2D eigenvalue weighted by Gasteiger charge is 2.14. The van der Waals surface area contributed by atoms with Gasteiger partial charge in [0.25, 0.3) is 5.91 Å². The lowest BCUT2D eigenvalue weighted by molar-refractivity contribution is 0.0899. The molecule has 0 aliphatic rings. The summed E-state index contributed by atoms with van der Waals surface area (Å²) in [6.07, 6.45) is 3.19. The minimum atomic E-state index is -0.161. The first kappa shape index (κ1) is 13.3. The summed E-state index contributed by atoms with van der Waals surface area (Å²) in [5.74, 6) is -0.161. The molecule has 0 fully saturated rings. The van der Waals surface area contributed by atoms with E-state index in [1.807, 2.05) is 37.3 Å². The molecule has 0 spiro atoms. The number of para-hydroxylation sites is 1. The summed E-state index contributed by atoms with van der Waals surface area (Å²) in [7, 11) is 1.61. The molecule has 1 aromatic carbocycles. The van der Waals surface area contributed by atoms with Gasteiger partial charge in [-0.2, -0.15) is 0 Å². The summed E-state index contributed by atoms with van der Waals surface area (Å²) in [5, 5.41) is 2.87. The van der Waals surface area contributed by atoms with Gasteiger partial charge in [-0.3, -0.25) is 9.36 Å². The number of nitrogens with zero attached hydrogens (tertiary/aromatic N) is 2. The summed E-state index contributed by atoms with van der Waals surface area (Å²) in [6, 6.07) is 9.58. The number of hydrogen-bond donors (Lipinski definition) is 1. The third-order valence-electron chi connectivity index (χ3n) is 2.70. The molecule has 0 aliphatic carbocycles. The van der Waals surface area contributed by atoms with Crippen LogP contribution in [0.5, 0.6) is 0 Å². The summed E-state index contributed by atoms with van der Waals surface area (Å²) < 4.78 is 6.76. The monoisotopic (exact) mass is 259 g/mol. The number of ether oxygens (including phenoxy) is 1. The number of aromatic nitrogens is 2. The molecule has 100 valence electrons. The molecular formula is C14H17N3O2. The molecule has 19 heavy (non-hydrogen) atoms. The summed E-state index contributed by atoms with van der Waals surface area (Å²) in [6.45, 7) is 2.37. The largest absolute Gasteiger partial charge is 0.383 e. The van der Waals surface area contributed by atoms with Crippen molar-refractivity contribution in [2.24, 2.45) is 0 Å². The molecule has 0 aliphatic heterocycles. The lowest BCUT2D eigenvalue weighted by Crippen LogP contribution is -2.36. The Morgan fingerprint density at radius 3 is 2.84 bits per heavy atom. The second-order valence-corrected chi connectivity index (χ2v) is 4.31. The molecule has 0 unspecified atom stereocenters. The van der Waals surface area contributed by atoms with Crippen molar-refractivity contribution in [1.29, 1.82) is 0 Å². The first-order chi connectivity index (χ1) is 9.22. The van der Waals surface area contributed by atoms with Crippen molar-refractivity contribution in [1.82, 2.24) is 14.9 Å². The maximum absolute atomic E-state index is 12.2. The van der Waals surface area contributed by atoms with E-state index >= 15 is 0 Å². The van der Waals surface area contributed by atoms with E-state index in [0.717, 1.165) is 5.69 Å². The predicted octanol–water partition coefficient (Wildman–Crippen LogP) is 1.64. The molecule has 0 saturated carbocycles. The van der Waals surface area contributed by atoms with Crippen LogP contribution in [0.15, 0.2) is 42.9 Å². The molecule has 1 atom stereocenters. The van der Waals surface area contributed by atoms with Crippen molar-refractivity contribution in [2.45, 2.75) is 13.0 Å². The van der Waals surface area contributed by atoms with E-state index in [1.165, 1.54) is 0 Å². The van der Waals surface area contributed by atoms with Crippen molar-refractivity contribution in [3.05, 3.63) is 48.5 Å². The van der Waals surface area contributed by atoms with Gasteiger partial charge >= 0.3 is 0 Å². The SMILES string of the molecule is COC[C@@H](C)NC(=O)c1cncn1-c1ccccc1. The smallest absolute Gasteiger partial charge is 0.270 e. The van der Waals surface area contributed by atoms with E-state index in [9.17, 15) is 4.79 Å². The fraction of sp³-hybridized carbons (Fsp3) is 0.286. The summed E-state index contributed by atoms with van der Waals surface area (Å²) in [4.78, 5) is 16.2. The van der Waals surface area contributed by atoms with E-state index in [2.05, 4.69) is 10.3 Å². The Morgan fingerprint density at radius 2 is 2.16 bits per heavy atom. The Balaban J connectivity index is 2.18. The zero-order valence-electron chi connectivity index (χ0n) is 11.0. The molecule has 2 aromatic rings. The van der Waals surface area contributed by atoms with E-state index in [1.54, 1.807) is 24.2 Å². The van der Waals surface area contributed by atoms with Crippen molar-refractivity contribution in [3.63, 3.8) is 0 Å². The van der Waals surface area contributed by atoms with Crippen LogP contribution in [0.2, 0.25) is 0 Å². The third kappa shape index (κ3) is 3.20. The van der Waals surface area contributed by atoms with Gasteiger partial charge in [0.15, 0.2) is 0 Å². The number of carbonyl (C=O) groups is 1. The van der Waals surface area contributed by atoms with Gasteiger partial charge in [-0.05, 0) is 19.1 Å². The molecule has 5 heteroatoms. The Morgan fingerprint density at radius 1 is 1.42 bits per heavy atom. The molecule has 2 rings (SSSR count). The highest BCUT2D eigenvalue weighted by molar-refractivity contribution is 5.93. The van der Waals surface area contributed by atoms with Crippen LogP contribution in [-0.4, -0.2) is 35.2 Å². The van der Waals surface area contributed by atoms with Gasteiger partial charge in [-0.15, -0.1) is 0 Å². The van der Waals surface area contributed by atoms with E-state index in [4.69, 9.17) is 4.74 Å². The van der Waals surface area contributed by atoms with Crippen LogP contribution in [0.1, 0.15) is 17.4 Å². The maximum atomic E-state index is 12.2. The molecule has 0 saturated heterocycles. The first-order valence-electron chi connectivity index (χ1n) is 6.10. The molecule has 1 aromatic heterocycles. The number of imidazole rings is 1. The van der Waals surface area contributed by atoms with Crippen LogP contribution in [0.25, 0.3) is 5.69 Å². The summed E-state index contributed by atoms with van der Waals surface area (Å²) >= 11 is 0. The van der Waals surface area contributed by atoms with Crippen LogP contribution in [0.4, 0.5) is 0 Å². The highest BCUT2D eigenvalue weighted by atomic mass is 16.5. The molecule has 1 heterocycles. The first-order valence-corrected chi connectivity index (χ1v) is 6.10. The highest BCUT2D eigenvalue weighted by Crippen LogP contribution is 2.10. The Kier molecular flexibility index (Phi) is 4.30. The summed E-state index contributed by atoms with van der Waals surface area (Å²) in [5.41, 5.74) is 1.42. The minimum absolute atomic E-state index is 0.0448. The quantitative estimate of drug-likeness (QED) is 0.888. The van der Waals surface area contributed by atoms with Gasteiger partial charge in [0.05, 0.1) is 19.1 Å². The Labute approximate surface area is 112 Å². The minimum Gasteiger partial charge on any atom is -0.383 e. The number of rotatable bonds is 5. The van der Waals surface area contributed by atoms with Crippen LogP contribution in [0.3, 0.4) is 0 Å². The van der Waals surface area contributed by atoms with Crippen LogP contribution in [0, 0.1) is 0 Å². The average Bonchev–Trinajstić information content (AvgIpc) is 2.89. The van der Waals surface area contributed by atoms with Crippen LogP contribution >= 0.6 is 0 Å². The second kappa shape index (κ2) is 6.15. The number of amides is 1. The number of benzene rings is 1. The molecular weight excluding hydrogens is 242 g/mol. The lowest BCUT2D eigenvalue weighted by atomic mass is 10.3. The van der Waals surface area contributed by atoms with Gasteiger partial charge in [0, 0.05) is 18.8 Å². The van der Waals surface area contributed by atoms with Gasteiger partial charge in [-0.1, -0.05) is 18.2 Å². The van der Waals surface area contributed by atoms with Gasteiger partial charge in [0.2, 0.25) is 0 Å². The predicted molar refractivity (Wildman–Crippen MR) is 72.4 cm³/mol. The van der Waals surface area contributed by atoms with Gasteiger partial charge < -0.3 is 10.1 Å². The standard InChI is InChI=1S/C14H17N3O2/c1-11(9-19-2)16-14(18)13-8-15-10-17(13)12-6-4-3-5-7-12/h3-8,10-11H,9H2,1-2H3,(H,16,18)/t11-/m1/s1. The van der Waals surface area contributed by atoms with E-state index < -0.39 is 0 Å². The topological polar surface area (TPSA) is 56.1 Å². The fourth-order valence-electron chi connectivity index (χ4n) is 1.85. The molecule has 1 N–H and O–H groups in total. The van der Waals surface area contributed by atoms with Crippen molar-refractivity contribution >= 4 is 5.91 Å². The Hall–Kier alpha value is -2.14. The Bertz CT molecular complexity index is 537. The zero-order chi connectivity index (χ0) is 13.7. The van der Waals surface area contributed by atoms with Crippen molar-refractivity contribution in [3.8, 4) is 5.69 Å². The molecule has 1 amide bonds.